The van der Waals surface area contributed by atoms with Crippen molar-refractivity contribution in [2.75, 3.05) is 70.5 Å². The second-order valence-electron chi connectivity index (χ2n) is 8.90. The number of thiophene rings is 1. The third-order valence-corrected chi connectivity index (χ3v) is 7.95. The number of benzene rings is 1. The van der Waals surface area contributed by atoms with Gasteiger partial charge in [-0.1, -0.05) is 30.3 Å². The van der Waals surface area contributed by atoms with E-state index < -0.39 is 0 Å². The Balaban J connectivity index is 1.29. The molecule has 1 aromatic carbocycles. The molecule has 0 N–H and O–H groups in total. The summed E-state index contributed by atoms with van der Waals surface area (Å²) in [5.74, 6) is 0.0711. The van der Waals surface area contributed by atoms with Crippen LogP contribution < -0.4 is 4.90 Å². The van der Waals surface area contributed by atoms with Crippen molar-refractivity contribution < 1.29 is 14.3 Å². The lowest BCUT2D eigenvalue weighted by Gasteiger charge is -2.38. The van der Waals surface area contributed by atoms with Crippen molar-refractivity contribution in [3.05, 3.63) is 41.3 Å². The number of piperidine rings is 1. The zero-order valence-electron chi connectivity index (χ0n) is 19.1. The van der Waals surface area contributed by atoms with Crippen molar-refractivity contribution in [1.82, 2.24) is 14.7 Å². The lowest BCUT2D eigenvalue weighted by molar-refractivity contribution is 0.0637. The van der Waals surface area contributed by atoms with Gasteiger partial charge in [-0.2, -0.15) is 0 Å². The third kappa shape index (κ3) is 4.87. The molecule has 33 heavy (non-hydrogen) atoms. The average Bonchev–Trinajstić information content (AvgIpc) is 3.35. The summed E-state index contributed by atoms with van der Waals surface area (Å²) >= 11 is 1.58. The second kappa shape index (κ2) is 10.1. The Kier molecular flexibility index (Phi) is 6.83. The Hall–Kier alpha value is -2.58. The van der Waals surface area contributed by atoms with Gasteiger partial charge >= 0.3 is 6.03 Å². The molecule has 0 unspecified atom stereocenters. The molecule has 3 saturated heterocycles. The fourth-order valence-electron chi connectivity index (χ4n) is 4.85. The molecule has 0 bridgehead atoms. The molecular formula is C25H32N4O3S. The number of morpholine rings is 1. The van der Waals surface area contributed by atoms with Gasteiger partial charge in [0, 0.05) is 57.9 Å². The lowest BCUT2D eigenvalue weighted by Crippen LogP contribution is -2.54. The average molecular weight is 469 g/mol. The highest BCUT2D eigenvalue weighted by molar-refractivity contribution is 7.18. The molecule has 5 rings (SSSR count). The number of hydrogen-bond acceptors (Lipinski definition) is 5. The number of piperazine rings is 1. The predicted molar refractivity (Wildman–Crippen MR) is 131 cm³/mol. The van der Waals surface area contributed by atoms with Gasteiger partial charge in [0.25, 0.3) is 5.91 Å². The van der Waals surface area contributed by atoms with E-state index in [4.69, 9.17) is 4.74 Å². The van der Waals surface area contributed by atoms with E-state index in [2.05, 4.69) is 23.1 Å². The van der Waals surface area contributed by atoms with Crippen LogP contribution in [0.2, 0.25) is 0 Å². The molecule has 0 radical (unpaired) electrons. The van der Waals surface area contributed by atoms with Crippen LogP contribution in [0.1, 0.15) is 28.9 Å². The van der Waals surface area contributed by atoms with Crippen LogP contribution in [-0.4, -0.2) is 92.2 Å². The Morgan fingerprint density at radius 1 is 0.758 bits per heavy atom. The maximum absolute atomic E-state index is 13.4. The van der Waals surface area contributed by atoms with Crippen LogP contribution in [0.25, 0.3) is 11.1 Å². The molecule has 0 aliphatic carbocycles. The van der Waals surface area contributed by atoms with Gasteiger partial charge < -0.3 is 24.3 Å². The van der Waals surface area contributed by atoms with Crippen LogP contribution in [0.15, 0.2) is 36.4 Å². The molecule has 0 atom stereocenters. The van der Waals surface area contributed by atoms with Crippen molar-refractivity contribution in [1.29, 1.82) is 0 Å². The molecule has 3 aliphatic rings. The predicted octanol–water partition coefficient (Wildman–Crippen LogP) is 3.62. The van der Waals surface area contributed by atoms with Gasteiger partial charge in [-0.25, -0.2) is 4.79 Å². The number of urea groups is 1. The number of carbonyl (C=O) groups is 2. The largest absolute Gasteiger partial charge is 0.378 e. The Morgan fingerprint density at radius 2 is 1.39 bits per heavy atom. The molecule has 8 heteroatoms. The summed E-state index contributed by atoms with van der Waals surface area (Å²) in [4.78, 5) is 35.2. The fraction of sp³-hybridized carbons (Fsp3) is 0.520. The molecule has 1 aromatic heterocycles. The molecule has 176 valence electrons. The minimum Gasteiger partial charge on any atom is -0.378 e. The van der Waals surface area contributed by atoms with E-state index in [1.54, 1.807) is 11.3 Å². The first-order valence-corrected chi connectivity index (χ1v) is 12.9. The van der Waals surface area contributed by atoms with Crippen molar-refractivity contribution in [3.63, 3.8) is 0 Å². The van der Waals surface area contributed by atoms with Gasteiger partial charge in [-0.15, -0.1) is 11.3 Å². The molecule has 0 saturated carbocycles. The summed E-state index contributed by atoms with van der Waals surface area (Å²) < 4.78 is 5.54. The standard InChI is InChI=1S/C25H32N4O3S/c30-23(26-11-13-29(14-12-26)25(31)28-9-5-2-6-10-28)22-19-21(20-7-3-1-4-8-20)24(33-22)27-15-17-32-18-16-27/h1,3-4,7-8,19H,2,5-6,9-18H2. The molecule has 0 spiro atoms. The van der Waals surface area contributed by atoms with E-state index in [0.717, 1.165) is 60.0 Å². The number of carbonyl (C=O) groups excluding carboxylic acids is 2. The summed E-state index contributed by atoms with van der Waals surface area (Å²) in [6, 6.07) is 12.5. The Morgan fingerprint density at radius 3 is 2.09 bits per heavy atom. The minimum atomic E-state index is 0.0711. The van der Waals surface area contributed by atoms with Crippen LogP contribution >= 0.6 is 11.3 Å². The minimum absolute atomic E-state index is 0.0711. The summed E-state index contributed by atoms with van der Waals surface area (Å²) in [6.07, 6.45) is 3.40. The zero-order valence-corrected chi connectivity index (χ0v) is 19.9. The molecule has 4 heterocycles. The van der Waals surface area contributed by atoms with Crippen LogP contribution in [0.4, 0.5) is 9.80 Å². The molecule has 3 aliphatic heterocycles. The monoisotopic (exact) mass is 468 g/mol. The normalized spacial score (nSPS) is 19.6. The van der Waals surface area contributed by atoms with Gasteiger partial charge in [0.1, 0.15) is 0 Å². The first-order chi connectivity index (χ1) is 16.2. The second-order valence-corrected chi connectivity index (χ2v) is 9.94. The van der Waals surface area contributed by atoms with Gasteiger partial charge in [-0.3, -0.25) is 4.79 Å². The van der Waals surface area contributed by atoms with Crippen LogP contribution in [-0.2, 0) is 4.74 Å². The highest BCUT2D eigenvalue weighted by Crippen LogP contribution is 2.40. The summed E-state index contributed by atoms with van der Waals surface area (Å²) in [6.45, 7) is 7.21. The summed E-state index contributed by atoms with van der Waals surface area (Å²) in [5, 5.41) is 1.15. The van der Waals surface area contributed by atoms with E-state index in [-0.39, 0.29) is 11.9 Å². The highest BCUT2D eigenvalue weighted by Gasteiger charge is 2.30. The maximum Gasteiger partial charge on any atom is 0.320 e. The number of ether oxygens (including phenoxy) is 1. The van der Waals surface area contributed by atoms with Gasteiger partial charge in [0.2, 0.25) is 0 Å². The molecule has 3 amide bonds. The smallest absolute Gasteiger partial charge is 0.320 e. The van der Waals surface area contributed by atoms with Crippen LogP contribution in [0.3, 0.4) is 0 Å². The van der Waals surface area contributed by atoms with Gasteiger partial charge in [0.05, 0.1) is 23.1 Å². The van der Waals surface area contributed by atoms with Gasteiger partial charge in [0.15, 0.2) is 0 Å². The highest BCUT2D eigenvalue weighted by atomic mass is 32.1. The number of rotatable bonds is 3. The molecular weight excluding hydrogens is 436 g/mol. The lowest BCUT2D eigenvalue weighted by atomic mass is 10.1. The Labute approximate surface area is 199 Å². The zero-order chi connectivity index (χ0) is 22.6. The molecule has 7 nitrogen and oxygen atoms in total. The van der Waals surface area contributed by atoms with Crippen LogP contribution in [0.5, 0.6) is 0 Å². The van der Waals surface area contributed by atoms with E-state index in [1.807, 2.05) is 32.9 Å². The van der Waals surface area contributed by atoms with Crippen molar-refractivity contribution in [2.24, 2.45) is 0 Å². The fourth-order valence-corrected chi connectivity index (χ4v) is 6.05. The number of likely N-dealkylation sites (tertiary alicyclic amines) is 1. The van der Waals surface area contributed by atoms with E-state index in [9.17, 15) is 9.59 Å². The van der Waals surface area contributed by atoms with Gasteiger partial charge in [-0.05, 0) is 30.9 Å². The third-order valence-electron chi connectivity index (χ3n) is 6.77. The van der Waals surface area contributed by atoms with Crippen molar-refractivity contribution in [3.8, 4) is 11.1 Å². The van der Waals surface area contributed by atoms with E-state index in [1.165, 1.54) is 6.42 Å². The number of amides is 3. The summed E-state index contributed by atoms with van der Waals surface area (Å²) in [7, 11) is 0. The maximum atomic E-state index is 13.4. The number of anilines is 1. The topological polar surface area (TPSA) is 56.3 Å². The SMILES string of the molecule is O=C(c1cc(-c2ccccc2)c(N2CCOCC2)s1)N1CCN(C(=O)N2CCCCC2)CC1. The summed E-state index contributed by atoms with van der Waals surface area (Å²) in [5.41, 5.74) is 2.25. The quantitative estimate of drug-likeness (QED) is 0.691. The first-order valence-electron chi connectivity index (χ1n) is 12.1. The molecule has 2 aromatic rings. The Bertz CT molecular complexity index is 959. The van der Waals surface area contributed by atoms with Crippen molar-refractivity contribution >= 4 is 28.3 Å². The van der Waals surface area contributed by atoms with Crippen LogP contribution in [0, 0.1) is 0 Å². The van der Waals surface area contributed by atoms with E-state index >= 15 is 0 Å². The van der Waals surface area contributed by atoms with E-state index in [0.29, 0.717) is 39.4 Å². The number of hydrogen-bond donors (Lipinski definition) is 0. The first kappa shape index (κ1) is 22.2. The van der Waals surface area contributed by atoms with Crippen molar-refractivity contribution in [2.45, 2.75) is 19.3 Å². The molecule has 3 fully saturated rings. The number of nitrogens with zero attached hydrogens (tertiary/aromatic N) is 4.